The average Bonchev–Trinajstić information content (AvgIpc) is 2.22. The lowest BCUT2D eigenvalue weighted by atomic mass is 9.69. The standard InChI is InChI=1S/C7H9IN2O2/c8-3-4-1-7(2-4)5(11)9-6(12)10-7/h4H,1-3H2,(H2,9,10,11,12). The van der Waals surface area contributed by atoms with Crippen molar-refractivity contribution in [2.24, 2.45) is 5.92 Å². The van der Waals surface area contributed by atoms with Gasteiger partial charge in [0.1, 0.15) is 5.54 Å². The lowest BCUT2D eigenvalue weighted by Gasteiger charge is -2.41. The minimum Gasteiger partial charge on any atom is -0.323 e. The molecule has 0 atom stereocenters. The summed E-state index contributed by atoms with van der Waals surface area (Å²) in [5, 5.41) is 4.94. The SMILES string of the molecule is O=C1NC(=O)C2(CC(CI)C2)N1. The Labute approximate surface area is 83.6 Å². The van der Waals surface area contributed by atoms with Crippen molar-refractivity contribution < 1.29 is 9.59 Å². The maximum Gasteiger partial charge on any atom is 0.322 e. The van der Waals surface area contributed by atoms with E-state index in [-0.39, 0.29) is 11.9 Å². The molecular weight excluding hydrogens is 271 g/mol. The molecule has 1 saturated carbocycles. The molecule has 1 aliphatic heterocycles. The van der Waals surface area contributed by atoms with Gasteiger partial charge in [0.25, 0.3) is 5.91 Å². The average molecular weight is 280 g/mol. The van der Waals surface area contributed by atoms with Crippen LogP contribution in [-0.2, 0) is 4.79 Å². The highest BCUT2D eigenvalue weighted by Crippen LogP contribution is 2.40. The van der Waals surface area contributed by atoms with E-state index in [9.17, 15) is 9.59 Å². The number of amides is 3. The maximum atomic E-state index is 11.3. The van der Waals surface area contributed by atoms with Crippen molar-refractivity contribution in [3.63, 3.8) is 0 Å². The minimum absolute atomic E-state index is 0.145. The van der Waals surface area contributed by atoms with Crippen LogP contribution in [0.25, 0.3) is 0 Å². The lowest BCUT2D eigenvalue weighted by molar-refractivity contribution is -0.128. The van der Waals surface area contributed by atoms with Gasteiger partial charge in [0.2, 0.25) is 0 Å². The summed E-state index contributed by atoms with van der Waals surface area (Å²) < 4.78 is 1.06. The molecule has 1 saturated heterocycles. The van der Waals surface area contributed by atoms with E-state index in [0.717, 1.165) is 17.3 Å². The van der Waals surface area contributed by atoms with E-state index in [1.807, 2.05) is 0 Å². The van der Waals surface area contributed by atoms with Gasteiger partial charge in [-0.25, -0.2) is 4.79 Å². The number of halogens is 1. The fourth-order valence-corrected chi connectivity index (χ4v) is 2.47. The topological polar surface area (TPSA) is 58.2 Å². The highest BCUT2D eigenvalue weighted by Gasteiger charge is 2.54. The van der Waals surface area contributed by atoms with Gasteiger partial charge in [-0.15, -0.1) is 0 Å². The second kappa shape index (κ2) is 2.58. The minimum atomic E-state index is -0.535. The number of rotatable bonds is 1. The Morgan fingerprint density at radius 3 is 2.58 bits per heavy atom. The quantitative estimate of drug-likeness (QED) is 0.415. The van der Waals surface area contributed by atoms with Crippen molar-refractivity contribution in [2.75, 3.05) is 4.43 Å². The van der Waals surface area contributed by atoms with E-state index in [4.69, 9.17) is 0 Å². The molecule has 5 heteroatoms. The van der Waals surface area contributed by atoms with Crippen LogP contribution in [0.5, 0.6) is 0 Å². The molecule has 66 valence electrons. The fourth-order valence-electron chi connectivity index (χ4n) is 1.85. The highest BCUT2D eigenvalue weighted by molar-refractivity contribution is 14.1. The predicted octanol–water partition coefficient (Wildman–Crippen LogP) is 0.410. The zero-order valence-corrected chi connectivity index (χ0v) is 8.55. The van der Waals surface area contributed by atoms with Crippen LogP contribution >= 0.6 is 22.6 Å². The van der Waals surface area contributed by atoms with Gasteiger partial charge in [-0.2, -0.15) is 0 Å². The van der Waals surface area contributed by atoms with E-state index in [1.165, 1.54) is 0 Å². The van der Waals surface area contributed by atoms with Crippen LogP contribution in [0.4, 0.5) is 4.79 Å². The number of hydrogen-bond acceptors (Lipinski definition) is 2. The smallest absolute Gasteiger partial charge is 0.322 e. The van der Waals surface area contributed by atoms with Gasteiger partial charge in [0, 0.05) is 4.43 Å². The number of alkyl halides is 1. The Morgan fingerprint density at radius 1 is 1.50 bits per heavy atom. The zero-order valence-electron chi connectivity index (χ0n) is 6.39. The van der Waals surface area contributed by atoms with Gasteiger partial charge < -0.3 is 5.32 Å². The van der Waals surface area contributed by atoms with Crippen molar-refractivity contribution in [1.82, 2.24) is 10.6 Å². The van der Waals surface area contributed by atoms with Crippen LogP contribution in [0.3, 0.4) is 0 Å². The molecule has 0 radical (unpaired) electrons. The highest BCUT2D eigenvalue weighted by atomic mass is 127. The van der Waals surface area contributed by atoms with Crippen molar-refractivity contribution in [3.05, 3.63) is 0 Å². The van der Waals surface area contributed by atoms with Crippen LogP contribution < -0.4 is 10.6 Å². The summed E-state index contributed by atoms with van der Waals surface area (Å²) in [7, 11) is 0. The molecule has 0 aromatic heterocycles. The first kappa shape index (κ1) is 8.28. The number of carbonyl (C=O) groups excluding carboxylic acids is 2. The van der Waals surface area contributed by atoms with Crippen LogP contribution in [0.1, 0.15) is 12.8 Å². The third-order valence-corrected chi connectivity index (χ3v) is 3.75. The first-order chi connectivity index (χ1) is 5.66. The normalized spacial score (nSPS) is 39.2. The third-order valence-electron chi connectivity index (χ3n) is 2.51. The van der Waals surface area contributed by atoms with Crippen molar-refractivity contribution >= 4 is 34.5 Å². The summed E-state index contributed by atoms with van der Waals surface area (Å²) in [6.07, 6.45) is 1.60. The second-order valence-electron chi connectivity index (χ2n) is 3.42. The molecule has 2 fully saturated rings. The second-order valence-corrected chi connectivity index (χ2v) is 4.30. The zero-order chi connectivity index (χ0) is 8.77. The first-order valence-electron chi connectivity index (χ1n) is 3.86. The molecular formula is C7H9IN2O2. The van der Waals surface area contributed by atoms with E-state index >= 15 is 0 Å². The van der Waals surface area contributed by atoms with E-state index in [0.29, 0.717) is 5.92 Å². The van der Waals surface area contributed by atoms with Crippen molar-refractivity contribution in [1.29, 1.82) is 0 Å². The maximum absolute atomic E-state index is 11.3. The van der Waals surface area contributed by atoms with Gasteiger partial charge in [0.05, 0.1) is 0 Å². The fraction of sp³-hybridized carbons (Fsp3) is 0.714. The summed E-state index contributed by atoms with van der Waals surface area (Å²) in [5.41, 5.74) is -0.535. The Kier molecular flexibility index (Phi) is 1.78. The van der Waals surface area contributed by atoms with Gasteiger partial charge >= 0.3 is 6.03 Å². The number of urea groups is 1. The summed E-state index contributed by atoms with van der Waals surface area (Å²) in [6, 6.07) is -0.341. The van der Waals surface area contributed by atoms with E-state index in [1.54, 1.807) is 0 Å². The predicted molar refractivity (Wildman–Crippen MR) is 51.0 cm³/mol. The number of nitrogens with one attached hydrogen (secondary N) is 2. The number of hydrogen-bond donors (Lipinski definition) is 2. The van der Waals surface area contributed by atoms with Crippen LogP contribution in [0.15, 0.2) is 0 Å². The number of carbonyl (C=O) groups is 2. The lowest BCUT2D eigenvalue weighted by Crippen LogP contribution is -2.57. The molecule has 1 aliphatic carbocycles. The monoisotopic (exact) mass is 280 g/mol. The number of imide groups is 1. The van der Waals surface area contributed by atoms with Crippen molar-refractivity contribution in [3.8, 4) is 0 Å². The Balaban J connectivity index is 2.06. The Bertz CT molecular complexity index is 248. The summed E-state index contributed by atoms with van der Waals surface area (Å²) in [6.45, 7) is 0. The molecule has 1 heterocycles. The summed E-state index contributed by atoms with van der Waals surface area (Å²) >= 11 is 2.30. The molecule has 3 amide bonds. The van der Waals surface area contributed by atoms with Crippen molar-refractivity contribution in [2.45, 2.75) is 18.4 Å². The van der Waals surface area contributed by atoms with Crippen LogP contribution in [0.2, 0.25) is 0 Å². The molecule has 4 nitrogen and oxygen atoms in total. The van der Waals surface area contributed by atoms with Gasteiger partial charge in [-0.3, -0.25) is 10.1 Å². The largest absolute Gasteiger partial charge is 0.323 e. The molecule has 0 bridgehead atoms. The molecule has 0 aromatic rings. The van der Waals surface area contributed by atoms with Gasteiger partial charge in [-0.05, 0) is 18.8 Å². The van der Waals surface area contributed by atoms with E-state index in [2.05, 4.69) is 33.2 Å². The molecule has 2 rings (SSSR count). The van der Waals surface area contributed by atoms with E-state index < -0.39 is 5.54 Å². The molecule has 0 unspecified atom stereocenters. The van der Waals surface area contributed by atoms with Crippen LogP contribution in [-0.4, -0.2) is 21.9 Å². The molecule has 2 aliphatic rings. The summed E-state index contributed by atoms with van der Waals surface area (Å²) in [4.78, 5) is 22.1. The van der Waals surface area contributed by atoms with Gasteiger partial charge in [-0.1, -0.05) is 22.6 Å². The first-order valence-corrected chi connectivity index (χ1v) is 5.38. The van der Waals surface area contributed by atoms with Gasteiger partial charge in [0.15, 0.2) is 0 Å². The third kappa shape index (κ3) is 1.02. The summed E-state index contributed by atoms with van der Waals surface area (Å²) in [5.74, 6) is 0.448. The molecule has 12 heavy (non-hydrogen) atoms. The Hall–Kier alpha value is -0.330. The molecule has 2 N–H and O–H groups in total. The Morgan fingerprint density at radius 2 is 2.17 bits per heavy atom. The molecule has 1 spiro atoms. The van der Waals surface area contributed by atoms with Crippen LogP contribution in [0, 0.1) is 5.92 Å². The molecule has 0 aromatic carbocycles.